The van der Waals surface area contributed by atoms with E-state index in [1.165, 1.54) is 12.3 Å². The third-order valence-corrected chi connectivity index (χ3v) is 10.2. The van der Waals surface area contributed by atoms with Crippen LogP contribution in [0.25, 0.3) is 0 Å². The number of aliphatic imine (C=N–C) groups is 1. The molecule has 1 saturated heterocycles. The van der Waals surface area contributed by atoms with Crippen molar-refractivity contribution in [2.24, 2.45) is 16.3 Å². The molecule has 0 spiro atoms. The summed E-state index contributed by atoms with van der Waals surface area (Å²) in [6.07, 6.45) is 6.39. The Morgan fingerprint density at radius 2 is 1.84 bits per heavy atom. The minimum absolute atomic E-state index is 0. The van der Waals surface area contributed by atoms with Gasteiger partial charge >= 0.3 is 5.97 Å². The zero-order valence-corrected chi connectivity index (χ0v) is 31.1. The number of aromatic nitrogens is 1. The van der Waals surface area contributed by atoms with Gasteiger partial charge in [-0.2, -0.15) is 0 Å². The number of halogens is 2. The third-order valence-electron chi connectivity index (χ3n) is 10.2. The lowest BCUT2D eigenvalue weighted by atomic mass is 9.66. The van der Waals surface area contributed by atoms with E-state index in [4.69, 9.17) is 9.47 Å². The molecule has 0 saturated carbocycles. The molecule has 2 bridgehead atoms. The average molecular weight is 703 g/mol. The van der Waals surface area contributed by atoms with Crippen LogP contribution in [0.3, 0.4) is 0 Å². The number of amides is 2. The molecule has 0 unspecified atom stereocenters. The van der Waals surface area contributed by atoms with Gasteiger partial charge in [0, 0.05) is 63.7 Å². The average Bonchev–Trinajstić information content (AvgIpc) is 3.16. The number of fused-ring (bicyclic) bond motifs is 4. The lowest BCUT2D eigenvalue weighted by molar-refractivity contribution is -0.134. The normalized spacial score (nSPS) is 21.5. The molecule has 1 N–H and O–H groups in total. The van der Waals surface area contributed by atoms with Crippen molar-refractivity contribution >= 4 is 23.7 Å². The second-order valence-corrected chi connectivity index (χ2v) is 14.0. The van der Waals surface area contributed by atoms with E-state index in [1.54, 1.807) is 23.6 Å². The quantitative estimate of drug-likeness (QED) is 0.108. The monoisotopic (exact) mass is 702 g/mol. The molecule has 0 aliphatic carbocycles. The van der Waals surface area contributed by atoms with Gasteiger partial charge in [0.1, 0.15) is 17.2 Å². The number of pyridine rings is 1. The van der Waals surface area contributed by atoms with Crippen LogP contribution < -0.4 is 15.5 Å². The number of ether oxygens (including phenoxy) is 2. The summed E-state index contributed by atoms with van der Waals surface area (Å²) < 4.78 is 40.8. The van der Waals surface area contributed by atoms with E-state index >= 15 is 0 Å². The van der Waals surface area contributed by atoms with Crippen LogP contribution in [0.1, 0.15) is 128 Å². The van der Waals surface area contributed by atoms with Gasteiger partial charge in [0.25, 0.3) is 11.8 Å². The van der Waals surface area contributed by atoms with E-state index in [0.717, 1.165) is 25.3 Å². The second kappa shape index (κ2) is 17.2. The number of methoxy groups -OCH3 is 1. The predicted octanol–water partition coefficient (Wildman–Crippen LogP) is 7.27. The molecule has 1 fully saturated rings. The van der Waals surface area contributed by atoms with Crippen molar-refractivity contribution in [3.8, 4) is 5.75 Å². The summed E-state index contributed by atoms with van der Waals surface area (Å²) in [5, 5.41) is 2.54. The van der Waals surface area contributed by atoms with Gasteiger partial charge in [-0.1, -0.05) is 59.9 Å². The minimum Gasteiger partial charge on any atom is -0.484 e. The van der Waals surface area contributed by atoms with Crippen molar-refractivity contribution < 1.29 is 34.1 Å². The summed E-state index contributed by atoms with van der Waals surface area (Å²) in [5.74, 6) is -3.09. The molecule has 2 amide bonds. The Balaban J connectivity index is 0.00000295. The summed E-state index contributed by atoms with van der Waals surface area (Å²) in [7, 11) is 3.18. The molecule has 10 nitrogen and oxygen atoms in total. The predicted molar refractivity (Wildman–Crippen MR) is 192 cm³/mol. The van der Waals surface area contributed by atoms with Gasteiger partial charge in [-0.05, 0) is 45.1 Å². The molecule has 2 aromatic rings. The number of esters is 1. The number of carbonyl (C=O) groups excluding carboxylic acids is 3. The maximum atomic E-state index is 14.4. The Kier molecular flexibility index (Phi) is 13.9. The Bertz CT molecular complexity index is 1650. The van der Waals surface area contributed by atoms with Gasteiger partial charge in [-0.25, -0.2) is 8.78 Å². The lowest BCUT2D eigenvalue weighted by Crippen LogP contribution is -2.60. The fourth-order valence-electron chi connectivity index (χ4n) is 6.80. The van der Waals surface area contributed by atoms with Crippen LogP contribution >= 0.6 is 0 Å². The first-order valence-electron chi connectivity index (χ1n) is 17.7. The maximum absolute atomic E-state index is 14.4. The highest BCUT2D eigenvalue weighted by atomic mass is 19.1. The first-order valence-corrected chi connectivity index (χ1v) is 17.7. The van der Waals surface area contributed by atoms with Crippen molar-refractivity contribution in [2.75, 3.05) is 20.7 Å². The largest absolute Gasteiger partial charge is 0.484 e. The first-order chi connectivity index (χ1) is 23.6. The Morgan fingerprint density at radius 1 is 1.14 bits per heavy atom. The van der Waals surface area contributed by atoms with Crippen LogP contribution in [0.4, 0.5) is 8.78 Å². The van der Waals surface area contributed by atoms with Crippen molar-refractivity contribution in [2.45, 2.75) is 118 Å². The lowest BCUT2D eigenvalue weighted by Gasteiger charge is -2.52. The molecule has 1 aromatic carbocycles. The number of nitrogens with one attached hydrogen (secondary N) is 1. The van der Waals surface area contributed by atoms with Crippen LogP contribution in [-0.2, 0) is 21.6 Å². The maximum Gasteiger partial charge on any atom is 0.311 e. The smallest absolute Gasteiger partial charge is 0.311 e. The number of unbranched alkanes of at least 4 members (excludes halogenated alkanes) is 2. The highest BCUT2D eigenvalue weighted by Crippen LogP contribution is 2.51. The van der Waals surface area contributed by atoms with Crippen LogP contribution in [-0.4, -0.2) is 59.9 Å². The topological polar surface area (TPSA) is 119 Å². The van der Waals surface area contributed by atoms with E-state index in [2.05, 4.69) is 31.1 Å². The number of carbonyl (C=O) groups is 3. The number of nitrogens with zero attached hydrogens (tertiary/aromatic N) is 3. The molecule has 278 valence electrons. The van der Waals surface area contributed by atoms with Crippen molar-refractivity contribution in [3.63, 3.8) is 0 Å². The molecule has 0 radical (unpaired) electrons. The minimum atomic E-state index is -0.926. The van der Waals surface area contributed by atoms with Gasteiger partial charge in [0.05, 0.1) is 12.6 Å². The van der Waals surface area contributed by atoms with E-state index in [9.17, 15) is 28.0 Å². The third kappa shape index (κ3) is 8.61. The fraction of sp³-hybridized carbons (Fsp3) is 0.605. The first kappa shape index (κ1) is 40.3. The zero-order chi connectivity index (χ0) is 37.4. The van der Waals surface area contributed by atoms with E-state index in [1.807, 2.05) is 27.7 Å². The van der Waals surface area contributed by atoms with E-state index in [-0.39, 0.29) is 43.8 Å². The highest BCUT2D eigenvalue weighted by molar-refractivity contribution is 6.00. The van der Waals surface area contributed by atoms with Gasteiger partial charge in [0.15, 0.2) is 11.6 Å². The van der Waals surface area contributed by atoms with Gasteiger partial charge in [-0.15, -0.1) is 0 Å². The van der Waals surface area contributed by atoms with Crippen molar-refractivity contribution in [3.05, 3.63) is 63.1 Å². The zero-order valence-electron chi connectivity index (χ0n) is 31.1. The number of benzene rings is 1. The van der Waals surface area contributed by atoms with Crippen LogP contribution in [0.5, 0.6) is 5.75 Å². The van der Waals surface area contributed by atoms with E-state index in [0.29, 0.717) is 43.6 Å². The second-order valence-electron chi connectivity index (χ2n) is 14.0. The van der Waals surface area contributed by atoms with Crippen molar-refractivity contribution in [1.82, 2.24) is 14.8 Å². The van der Waals surface area contributed by atoms with Crippen LogP contribution in [0, 0.1) is 23.0 Å². The molecule has 4 rings (SSSR count). The van der Waals surface area contributed by atoms with E-state index < -0.39 is 51.6 Å². The summed E-state index contributed by atoms with van der Waals surface area (Å²) >= 11 is 0. The van der Waals surface area contributed by atoms with Gasteiger partial charge < -0.3 is 24.3 Å². The number of hydrogen-bond acceptors (Lipinski definition) is 7. The molecule has 3 heterocycles. The van der Waals surface area contributed by atoms with Gasteiger partial charge in [0.2, 0.25) is 11.2 Å². The molecule has 1 aromatic heterocycles. The SMILES string of the molecule is CC.CN=C(C[C@@]1(C)CC[C@H](C)N2C[C@@]1(C)n1cc(C(=O)NCc3ccc(F)cc3F)c(=O)c(OC(=O)CCCCCC(C)C)c1C2=O)OC.[HH]. The molecule has 3 atom stereocenters. The number of hydrogen-bond donors (Lipinski definition) is 1. The van der Waals surface area contributed by atoms with Crippen molar-refractivity contribution in [1.29, 1.82) is 0 Å². The molecule has 2 aliphatic rings. The number of rotatable bonds is 12. The van der Waals surface area contributed by atoms with Crippen LogP contribution in [0.15, 0.2) is 34.2 Å². The fourth-order valence-corrected chi connectivity index (χ4v) is 6.80. The standard InChI is InChI=1S/C36H48F2N4O6.C2H6.H2/c1-22(2)11-9-8-10-12-29(43)48-32-30-34(46)41-21-36(5,35(4,16-15-23(41)3)18-28(39-6)47-7)42(30)20-26(31(32)44)33(45)40-19-24-13-14-25(37)17-27(24)38;1-2;/h13-14,17,20,22-23H,8-12,15-16,18-19,21H2,1-7H3,(H,40,45);1-2H3;1H/t23-,35+,36+;;/m0../s1. The molecule has 50 heavy (non-hydrogen) atoms. The Morgan fingerprint density at radius 3 is 2.46 bits per heavy atom. The molecular formula is C38H56F2N4O6. The Labute approximate surface area is 296 Å². The Hall–Kier alpha value is -4.09. The molecular weight excluding hydrogens is 646 g/mol. The summed E-state index contributed by atoms with van der Waals surface area (Å²) in [5.41, 5.74) is -2.91. The van der Waals surface area contributed by atoms with Crippen LogP contribution in [0.2, 0.25) is 0 Å². The summed E-state index contributed by atoms with van der Waals surface area (Å²) in [6.45, 7) is 14.1. The highest BCUT2D eigenvalue weighted by Gasteiger charge is 2.55. The summed E-state index contributed by atoms with van der Waals surface area (Å²) in [4.78, 5) is 61.2. The van der Waals surface area contributed by atoms with Gasteiger partial charge in [-0.3, -0.25) is 24.2 Å². The summed E-state index contributed by atoms with van der Waals surface area (Å²) in [6, 6.07) is 2.78. The molecule has 12 heteroatoms. The molecule has 2 aliphatic heterocycles.